The molecule has 2 nitrogen and oxygen atoms in total. The molecular formula is C18H16FNOS. The number of carbonyl (C=O) groups is 1. The lowest BCUT2D eigenvalue weighted by Gasteiger charge is -2.17. The van der Waals surface area contributed by atoms with Gasteiger partial charge >= 0.3 is 0 Å². The lowest BCUT2D eigenvalue weighted by atomic mass is 10.1. The maximum atomic E-state index is 13.7. The van der Waals surface area contributed by atoms with Gasteiger partial charge in [-0.2, -0.15) is 0 Å². The molecule has 0 aliphatic carbocycles. The van der Waals surface area contributed by atoms with Gasteiger partial charge < -0.3 is 4.90 Å². The predicted octanol–water partition coefficient (Wildman–Crippen LogP) is 4.62. The molecule has 0 aliphatic heterocycles. The Labute approximate surface area is 132 Å². The SMILES string of the molecule is Cc1ccccc1CN(C)C(=O)c1cc2c(F)cccc2s1. The van der Waals surface area contributed by atoms with E-state index in [1.54, 1.807) is 24.1 Å². The van der Waals surface area contributed by atoms with Crippen LogP contribution in [0.25, 0.3) is 10.1 Å². The average molecular weight is 313 g/mol. The summed E-state index contributed by atoms with van der Waals surface area (Å²) in [5.74, 6) is -0.363. The van der Waals surface area contributed by atoms with Gasteiger partial charge in [0.1, 0.15) is 5.82 Å². The summed E-state index contributed by atoms with van der Waals surface area (Å²) in [5, 5.41) is 0.514. The topological polar surface area (TPSA) is 20.3 Å². The largest absolute Gasteiger partial charge is 0.337 e. The molecule has 1 amide bonds. The quantitative estimate of drug-likeness (QED) is 0.691. The molecule has 1 aromatic heterocycles. The number of hydrogen-bond donors (Lipinski definition) is 0. The number of fused-ring (bicyclic) bond motifs is 1. The van der Waals surface area contributed by atoms with Crippen LogP contribution in [-0.2, 0) is 6.54 Å². The van der Waals surface area contributed by atoms with Gasteiger partial charge in [0.15, 0.2) is 0 Å². The minimum absolute atomic E-state index is 0.0798. The maximum Gasteiger partial charge on any atom is 0.264 e. The van der Waals surface area contributed by atoms with Gasteiger partial charge in [-0.05, 0) is 36.2 Å². The van der Waals surface area contributed by atoms with Crippen LogP contribution in [0, 0.1) is 12.7 Å². The molecule has 112 valence electrons. The standard InChI is InChI=1S/C18H16FNOS/c1-12-6-3-4-7-13(12)11-20(2)18(21)17-10-14-15(19)8-5-9-16(14)22-17/h3-10H,11H2,1-2H3. The minimum Gasteiger partial charge on any atom is -0.337 e. The molecule has 22 heavy (non-hydrogen) atoms. The molecular weight excluding hydrogens is 297 g/mol. The Kier molecular flexibility index (Phi) is 3.94. The molecule has 0 N–H and O–H groups in total. The van der Waals surface area contributed by atoms with Crippen molar-refractivity contribution in [1.82, 2.24) is 4.90 Å². The van der Waals surface area contributed by atoms with Crippen molar-refractivity contribution < 1.29 is 9.18 Å². The average Bonchev–Trinajstić information content (AvgIpc) is 2.94. The van der Waals surface area contributed by atoms with Crippen LogP contribution in [0.5, 0.6) is 0 Å². The zero-order valence-corrected chi connectivity index (χ0v) is 13.3. The molecule has 2 aromatic carbocycles. The van der Waals surface area contributed by atoms with Crippen molar-refractivity contribution >= 4 is 27.3 Å². The maximum absolute atomic E-state index is 13.7. The number of aryl methyl sites for hydroxylation is 1. The van der Waals surface area contributed by atoms with E-state index in [2.05, 4.69) is 0 Å². The van der Waals surface area contributed by atoms with Crippen molar-refractivity contribution in [3.63, 3.8) is 0 Å². The fraction of sp³-hybridized carbons (Fsp3) is 0.167. The van der Waals surface area contributed by atoms with Crippen LogP contribution in [0.15, 0.2) is 48.5 Å². The van der Waals surface area contributed by atoms with Crippen LogP contribution in [0.1, 0.15) is 20.8 Å². The highest BCUT2D eigenvalue weighted by Gasteiger charge is 2.17. The first-order chi connectivity index (χ1) is 10.6. The zero-order valence-electron chi connectivity index (χ0n) is 12.5. The Balaban J connectivity index is 1.86. The summed E-state index contributed by atoms with van der Waals surface area (Å²) in [6.45, 7) is 2.57. The molecule has 0 radical (unpaired) electrons. The number of amides is 1. The van der Waals surface area contributed by atoms with E-state index >= 15 is 0 Å². The molecule has 0 unspecified atom stereocenters. The Morgan fingerprint density at radius 3 is 2.68 bits per heavy atom. The Hall–Kier alpha value is -2.20. The highest BCUT2D eigenvalue weighted by atomic mass is 32.1. The molecule has 0 bridgehead atoms. The van der Waals surface area contributed by atoms with Crippen molar-refractivity contribution in [2.24, 2.45) is 0 Å². The summed E-state index contributed by atoms with van der Waals surface area (Å²) in [7, 11) is 1.77. The minimum atomic E-state index is -0.283. The van der Waals surface area contributed by atoms with E-state index in [1.165, 1.54) is 17.4 Å². The number of thiophene rings is 1. The van der Waals surface area contributed by atoms with E-state index in [-0.39, 0.29) is 11.7 Å². The van der Waals surface area contributed by atoms with Gasteiger partial charge in [-0.15, -0.1) is 11.3 Å². The van der Waals surface area contributed by atoms with Gasteiger partial charge in [0.05, 0.1) is 4.88 Å². The first-order valence-corrected chi connectivity index (χ1v) is 7.86. The van der Waals surface area contributed by atoms with Gasteiger partial charge in [-0.25, -0.2) is 4.39 Å². The highest BCUT2D eigenvalue weighted by molar-refractivity contribution is 7.20. The van der Waals surface area contributed by atoms with Gasteiger partial charge in [0.25, 0.3) is 5.91 Å². The molecule has 0 aliphatic rings. The highest BCUT2D eigenvalue weighted by Crippen LogP contribution is 2.28. The van der Waals surface area contributed by atoms with Crippen LogP contribution < -0.4 is 0 Å². The molecule has 0 spiro atoms. The van der Waals surface area contributed by atoms with Crippen LogP contribution in [0.4, 0.5) is 4.39 Å². The summed E-state index contributed by atoms with van der Waals surface area (Å²) in [4.78, 5) is 14.8. The third-order valence-corrected chi connectivity index (χ3v) is 4.82. The molecule has 0 fully saturated rings. The second kappa shape index (κ2) is 5.89. The summed E-state index contributed by atoms with van der Waals surface area (Å²) in [6, 6.07) is 14.6. The summed E-state index contributed by atoms with van der Waals surface area (Å²) in [5.41, 5.74) is 2.27. The van der Waals surface area contributed by atoms with Gasteiger partial charge in [0, 0.05) is 23.7 Å². The summed E-state index contributed by atoms with van der Waals surface area (Å²) in [6.07, 6.45) is 0. The van der Waals surface area contributed by atoms with Crippen LogP contribution in [0.3, 0.4) is 0 Å². The van der Waals surface area contributed by atoms with Crippen molar-refractivity contribution in [2.75, 3.05) is 7.05 Å². The van der Waals surface area contributed by atoms with E-state index in [1.807, 2.05) is 37.3 Å². The van der Waals surface area contributed by atoms with Crippen molar-refractivity contribution in [3.05, 3.63) is 70.4 Å². The number of hydrogen-bond acceptors (Lipinski definition) is 2. The Morgan fingerprint density at radius 2 is 1.95 bits per heavy atom. The summed E-state index contributed by atoms with van der Waals surface area (Å²) >= 11 is 1.33. The summed E-state index contributed by atoms with van der Waals surface area (Å²) < 4.78 is 14.5. The van der Waals surface area contributed by atoms with Crippen LogP contribution in [0.2, 0.25) is 0 Å². The van der Waals surface area contributed by atoms with Gasteiger partial charge in [-0.3, -0.25) is 4.79 Å². The molecule has 3 aromatic rings. The van der Waals surface area contributed by atoms with Crippen LogP contribution >= 0.6 is 11.3 Å². The van der Waals surface area contributed by atoms with E-state index < -0.39 is 0 Å². The Morgan fingerprint density at radius 1 is 1.18 bits per heavy atom. The third-order valence-electron chi connectivity index (χ3n) is 3.73. The smallest absolute Gasteiger partial charge is 0.264 e. The molecule has 0 atom stereocenters. The first-order valence-electron chi connectivity index (χ1n) is 7.04. The zero-order chi connectivity index (χ0) is 15.7. The van der Waals surface area contributed by atoms with Crippen molar-refractivity contribution in [1.29, 1.82) is 0 Å². The van der Waals surface area contributed by atoms with Crippen LogP contribution in [-0.4, -0.2) is 17.9 Å². The number of benzene rings is 2. The normalized spacial score (nSPS) is 10.9. The van der Waals surface area contributed by atoms with E-state index in [4.69, 9.17) is 0 Å². The van der Waals surface area contributed by atoms with E-state index in [0.717, 1.165) is 15.8 Å². The molecule has 0 saturated carbocycles. The molecule has 3 rings (SSSR count). The van der Waals surface area contributed by atoms with E-state index in [9.17, 15) is 9.18 Å². The Bertz CT molecular complexity index is 840. The fourth-order valence-corrected chi connectivity index (χ4v) is 3.50. The number of halogens is 1. The lowest BCUT2D eigenvalue weighted by molar-refractivity contribution is 0.0790. The second-order valence-corrected chi connectivity index (χ2v) is 6.43. The lowest BCUT2D eigenvalue weighted by Crippen LogP contribution is -2.25. The fourth-order valence-electron chi connectivity index (χ4n) is 2.43. The van der Waals surface area contributed by atoms with Gasteiger partial charge in [-0.1, -0.05) is 30.3 Å². The number of nitrogens with zero attached hydrogens (tertiary/aromatic N) is 1. The number of carbonyl (C=O) groups excluding carboxylic acids is 1. The van der Waals surface area contributed by atoms with Gasteiger partial charge in [0.2, 0.25) is 0 Å². The molecule has 0 saturated heterocycles. The predicted molar refractivity (Wildman–Crippen MR) is 88.8 cm³/mol. The molecule has 4 heteroatoms. The number of rotatable bonds is 3. The first kappa shape index (κ1) is 14.7. The van der Waals surface area contributed by atoms with Crippen molar-refractivity contribution in [3.8, 4) is 0 Å². The second-order valence-electron chi connectivity index (χ2n) is 5.35. The van der Waals surface area contributed by atoms with Crippen molar-refractivity contribution in [2.45, 2.75) is 13.5 Å². The van der Waals surface area contributed by atoms with E-state index in [0.29, 0.717) is 16.8 Å². The molecule has 1 heterocycles. The third kappa shape index (κ3) is 2.74. The monoisotopic (exact) mass is 313 g/mol.